The van der Waals surface area contributed by atoms with Gasteiger partial charge in [0.2, 0.25) is 0 Å². The van der Waals surface area contributed by atoms with Crippen molar-refractivity contribution in [3.63, 3.8) is 0 Å². The molecular formula is C30H31F6IN4OS2. The van der Waals surface area contributed by atoms with Crippen molar-refractivity contribution < 1.29 is 31.1 Å². The molecule has 0 N–H and O–H groups in total. The van der Waals surface area contributed by atoms with E-state index in [1.807, 2.05) is 35.6 Å². The summed E-state index contributed by atoms with van der Waals surface area (Å²) in [6.45, 7) is 3.79. The highest BCUT2D eigenvalue weighted by Gasteiger charge is 2.32. The second-order valence-electron chi connectivity index (χ2n) is 8.82. The number of imidazole rings is 2. The van der Waals surface area contributed by atoms with E-state index in [1.165, 1.54) is 47.9 Å². The molecule has 0 bridgehead atoms. The van der Waals surface area contributed by atoms with Crippen molar-refractivity contribution in [3.05, 3.63) is 75.7 Å². The third kappa shape index (κ3) is 8.93. The molecule has 14 heteroatoms. The summed E-state index contributed by atoms with van der Waals surface area (Å²) < 4.78 is 82.4. The van der Waals surface area contributed by atoms with Crippen molar-refractivity contribution >= 4 is 58.5 Å². The molecule has 0 atom stereocenters. The zero-order valence-electron chi connectivity index (χ0n) is 23.4. The van der Waals surface area contributed by atoms with Gasteiger partial charge in [0.25, 0.3) is 0 Å². The monoisotopic (exact) mass is 768 g/mol. The largest absolute Gasteiger partial charge is 0.416 e. The maximum absolute atomic E-state index is 12.9. The van der Waals surface area contributed by atoms with Crippen LogP contribution in [0, 0.1) is 0 Å². The SMILES string of the molecule is C.CCSc1cc(C(F)(F)F)ccc1-c1cnc(C=CI)n1C.CCSc1cc(C(F)(F)F)ccc1-c1cnc(C=O)n1C. The molecule has 4 rings (SSSR count). The Hall–Kier alpha value is -2.72. The number of nitrogens with zero attached hydrogens (tertiary/aromatic N) is 4. The molecule has 0 aliphatic rings. The molecule has 2 aromatic carbocycles. The van der Waals surface area contributed by atoms with Gasteiger partial charge in [0, 0.05) is 35.0 Å². The fraction of sp³-hybridized carbons (Fsp3) is 0.300. The van der Waals surface area contributed by atoms with Crippen molar-refractivity contribution in [2.75, 3.05) is 11.5 Å². The summed E-state index contributed by atoms with van der Waals surface area (Å²) in [7, 11) is 3.51. The average Bonchev–Trinajstić information content (AvgIpc) is 3.50. The summed E-state index contributed by atoms with van der Waals surface area (Å²) in [6, 6.07) is 7.46. The summed E-state index contributed by atoms with van der Waals surface area (Å²) in [5.74, 6) is 2.34. The zero-order valence-corrected chi connectivity index (χ0v) is 27.2. The smallest absolute Gasteiger partial charge is 0.328 e. The molecular weight excluding hydrogens is 737 g/mol. The Morgan fingerprint density at radius 2 is 1.18 bits per heavy atom. The van der Waals surface area contributed by atoms with Gasteiger partial charge in [-0.1, -0.05) is 56.0 Å². The number of hydrogen-bond donors (Lipinski definition) is 0. The van der Waals surface area contributed by atoms with Crippen LogP contribution in [0.2, 0.25) is 0 Å². The van der Waals surface area contributed by atoms with Crippen LogP contribution < -0.4 is 0 Å². The Morgan fingerprint density at radius 1 is 0.773 bits per heavy atom. The molecule has 0 unspecified atom stereocenters. The number of thioether (sulfide) groups is 2. The van der Waals surface area contributed by atoms with Crippen LogP contribution >= 0.6 is 46.1 Å². The van der Waals surface area contributed by atoms with E-state index in [1.54, 1.807) is 17.8 Å². The standard InChI is InChI=1S/C15H14F3IN2S.C14H13F3N2OS.CH4/c1-3-22-13-8-10(15(16,17)18)4-5-11(13)12-9-20-14(6-7-19)21(12)2;1-3-21-12-6-9(14(15,16)17)4-5-10(12)11-7-18-13(8-20)19(11)2;/h4-9H,3H2,1-2H3;4-8H,3H2,1-2H3;1H4. The first-order valence-electron chi connectivity index (χ1n) is 12.7. The lowest BCUT2D eigenvalue weighted by atomic mass is 10.1. The van der Waals surface area contributed by atoms with Crippen LogP contribution in [0.1, 0.15) is 48.8 Å². The predicted molar refractivity (Wildman–Crippen MR) is 175 cm³/mol. The van der Waals surface area contributed by atoms with Gasteiger partial charge in [0.1, 0.15) is 5.82 Å². The van der Waals surface area contributed by atoms with E-state index in [0.29, 0.717) is 38.8 Å². The first kappa shape index (κ1) is 37.5. The van der Waals surface area contributed by atoms with E-state index in [4.69, 9.17) is 0 Å². The van der Waals surface area contributed by atoms with Crippen LogP contribution in [0.5, 0.6) is 0 Å². The first-order valence-corrected chi connectivity index (χ1v) is 15.9. The Morgan fingerprint density at radius 3 is 1.52 bits per heavy atom. The molecule has 2 heterocycles. The summed E-state index contributed by atoms with van der Waals surface area (Å²) in [4.78, 5) is 20.2. The number of carbonyl (C=O) groups is 1. The van der Waals surface area contributed by atoms with Gasteiger partial charge in [-0.05, 0) is 45.9 Å². The van der Waals surface area contributed by atoms with Crippen molar-refractivity contribution in [1.82, 2.24) is 19.1 Å². The number of alkyl halides is 6. The number of benzene rings is 2. The zero-order chi connectivity index (χ0) is 31.9. The van der Waals surface area contributed by atoms with Crippen LogP contribution in [0.3, 0.4) is 0 Å². The Kier molecular flexibility index (Phi) is 13.6. The number of carbonyl (C=O) groups excluding carboxylic acids is 1. The topological polar surface area (TPSA) is 52.7 Å². The lowest BCUT2D eigenvalue weighted by Gasteiger charge is -2.13. The molecule has 0 radical (unpaired) electrons. The number of hydrogen-bond acceptors (Lipinski definition) is 5. The van der Waals surface area contributed by atoms with Crippen LogP contribution in [0.15, 0.2) is 62.7 Å². The molecule has 5 nitrogen and oxygen atoms in total. The summed E-state index contributed by atoms with van der Waals surface area (Å²) in [6.07, 6.45) is -3.06. The molecule has 4 aromatic rings. The molecule has 0 aliphatic heterocycles. The molecule has 0 saturated heterocycles. The first-order chi connectivity index (χ1) is 20.3. The molecule has 44 heavy (non-hydrogen) atoms. The van der Waals surface area contributed by atoms with Gasteiger partial charge in [-0.15, -0.1) is 23.5 Å². The van der Waals surface area contributed by atoms with E-state index in [-0.39, 0.29) is 13.3 Å². The normalized spacial score (nSPS) is 11.7. The summed E-state index contributed by atoms with van der Waals surface area (Å²) >= 11 is 4.82. The van der Waals surface area contributed by atoms with Crippen LogP contribution in [-0.2, 0) is 26.4 Å². The maximum atomic E-state index is 12.9. The molecule has 0 spiro atoms. The van der Waals surface area contributed by atoms with E-state index in [0.717, 1.165) is 35.3 Å². The van der Waals surface area contributed by atoms with Gasteiger partial charge < -0.3 is 9.13 Å². The van der Waals surface area contributed by atoms with E-state index >= 15 is 0 Å². The maximum Gasteiger partial charge on any atom is 0.416 e. The lowest BCUT2D eigenvalue weighted by molar-refractivity contribution is -0.138. The Bertz CT molecular complexity index is 1600. The molecule has 0 fully saturated rings. The average molecular weight is 769 g/mol. The lowest BCUT2D eigenvalue weighted by Crippen LogP contribution is -2.05. The number of halogens is 7. The quantitative estimate of drug-likeness (QED) is 0.0774. The number of rotatable bonds is 8. The molecule has 0 aliphatic carbocycles. The third-order valence-corrected chi connectivity index (χ3v) is 8.37. The summed E-state index contributed by atoms with van der Waals surface area (Å²) in [5.41, 5.74) is 1.51. The Labute approximate surface area is 274 Å². The second kappa shape index (κ2) is 16.0. The van der Waals surface area contributed by atoms with Gasteiger partial charge in [0.05, 0.1) is 34.9 Å². The molecule has 0 amide bonds. The molecule has 238 valence electrons. The van der Waals surface area contributed by atoms with Crippen molar-refractivity contribution in [2.45, 2.75) is 43.4 Å². The highest BCUT2D eigenvalue weighted by atomic mass is 127. The van der Waals surface area contributed by atoms with Gasteiger partial charge in [-0.3, -0.25) is 4.79 Å². The minimum absolute atomic E-state index is 0. The number of aromatic nitrogens is 4. The van der Waals surface area contributed by atoms with Crippen LogP contribution in [0.4, 0.5) is 26.3 Å². The fourth-order valence-electron chi connectivity index (χ4n) is 4.04. The van der Waals surface area contributed by atoms with Crippen molar-refractivity contribution in [3.8, 4) is 22.5 Å². The molecule has 0 saturated carbocycles. The fourth-order valence-corrected chi connectivity index (χ4v) is 6.06. The predicted octanol–water partition coefficient (Wildman–Crippen LogP) is 10.3. The minimum Gasteiger partial charge on any atom is -0.328 e. The highest BCUT2D eigenvalue weighted by Crippen LogP contribution is 2.39. The van der Waals surface area contributed by atoms with Gasteiger partial charge in [0.15, 0.2) is 12.1 Å². The highest BCUT2D eigenvalue weighted by molar-refractivity contribution is 14.1. The van der Waals surface area contributed by atoms with E-state index < -0.39 is 23.5 Å². The number of aldehydes is 1. The van der Waals surface area contributed by atoms with E-state index in [9.17, 15) is 31.1 Å². The second-order valence-corrected chi connectivity index (χ2v) is 12.1. The van der Waals surface area contributed by atoms with Gasteiger partial charge in [-0.25, -0.2) is 9.97 Å². The van der Waals surface area contributed by atoms with Crippen molar-refractivity contribution in [1.29, 1.82) is 0 Å². The Balaban J connectivity index is 0.000000300. The van der Waals surface area contributed by atoms with E-state index in [2.05, 4.69) is 32.6 Å². The summed E-state index contributed by atoms with van der Waals surface area (Å²) in [5, 5.41) is 0. The van der Waals surface area contributed by atoms with Crippen LogP contribution in [0.25, 0.3) is 28.6 Å². The third-order valence-electron chi connectivity index (χ3n) is 6.14. The van der Waals surface area contributed by atoms with Gasteiger partial charge in [-0.2, -0.15) is 26.3 Å². The van der Waals surface area contributed by atoms with Gasteiger partial charge >= 0.3 is 12.4 Å². The minimum atomic E-state index is -4.37. The van der Waals surface area contributed by atoms with Crippen LogP contribution in [-0.4, -0.2) is 36.9 Å². The molecule has 2 aromatic heterocycles. The van der Waals surface area contributed by atoms with Crippen molar-refractivity contribution in [2.24, 2.45) is 14.1 Å².